The van der Waals surface area contributed by atoms with Crippen molar-refractivity contribution in [2.24, 2.45) is 11.7 Å². The molecule has 1 saturated carbocycles. The Kier molecular flexibility index (Phi) is 12.4. The van der Waals surface area contributed by atoms with Crippen LogP contribution in [0.3, 0.4) is 0 Å². The molecular formula is C28H44N4O2S. The van der Waals surface area contributed by atoms with Crippen molar-refractivity contribution in [2.75, 3.05) is 6.54 Å². The molecular weight excluding hydrogens is 456 g/mol. The standard InChI is InChI=1S/C13H14N2OS.C13H24N2O.C2H6/c1-9(14-7-16)11-3-5-12(6-4-11)13-10(2)15-8-17-13;1-10-6-5-9-15(10)13(16)12(14)11-7-3-2-4-8-11;1-2/h3-9H,1-2H3,(H,14,16);10-12H,2-9,14H2,1H3;1-2H3. The molecule has 0 bridgehead atoms. The predicted octanol–water partition coefficient (Wildman–Crippen LogP) is 5.86. The molecule has 1 aromatic carbocycles. The van der Waals surface area contributed by atoms with E-state index in [9.17, 15) is 9.59 Å². The van der Waals surface area contributed by atoms with E-state index >= 15 is 0 Å². The maximum Gasteiger partial charge on any atom is 0.240 e. The van der Waals surface area contributed by atoms with Crippen molar-refractivity contribution in [1.82, 2.24) is 15.2 Å². The van der Waals surface area contributed by atoms with E-state index in [1.54, 1.807) is 11.3 Å². The lowest BCUT2D eigenvalue weighted by Gasteiger charge is -2.31. The number of hydrogen-bond acceptors (Lipinski definition) is 5. The Hall–Kier alpha value is -2.25. The highest BCUT2D eigenvalue weighted by molar-refractivity contribution is 7.13. The molecule has 35 heavy (non-hydrogen) atoms. The zero-order valence-corrected chi connectivity index (χ0v) is 22.9. The highest BCUT2D eigenvalue weighted by Crippen LogP contribution is 2.29. The summed E-state index contributed by atoms with van der Waals surface area (Å²) in [5, 5.41) is 2.74. The molecule has 3 unspecified atom stereocenters. The van der Waals surface area contributed by atoms with Gasteiger partial charge in [0.25, 0.3) is 0 Å². The molecule has 3 atom stereocenters. The second kappa shape index (κ2) is 15.0. The maximum atomic E-state index is 12.3. The molecule has 4 rings (SSSR count). The molecule has 1 aliphatic heterocycles. The Bertz CT molecular complexity index is 893. The lowest BCUT2D eigenvalue weighted by Crippen LogP contribution is -2.49. The van der Waals surface area contributed by atoms with E-state index in [0.717, 1.165) is 49.9 Å². The van der Waals surface area contributed by atoms with Crippen LogP contribution in [0.15, 0.2) is 29.8 Å². The summed E-state index contributed by atoms with van der Waals surface area (Å²) in [4.78, 5) is 30.1. The summed E-state index contributed by atoms with van der Waals surface area (Å²) < 4.78 is 0. The highest BCUT2D eigenvalue weighted by Gasteiger charge is 2.33. The number of likely N-dealkylation sites (tertiary alicyclic amines) is 1. The molecule has 2 amide bonds. The summed E-state index contributed by atoms with van der Waals surface area (Å²) in [7, 11) is 0. The van der Waals surface area contributed by atoms with Gasteiger partial charge in [-0.05, 0) is 63.5 Å². The molecule has 1 saturated heterocycles. The first-order valence-corrected chi connectivity index (χ1v) is 14.1. The number of carbonyl (C=O) groups excluding carboxylic acids is 2. The summed E-state index contributed by atoms with van der Waals surface area (Å²) in [5.41, 5.74) is 11.3. The third-order valence-electron chi connectivity index (χ3n) is 7.02. The number of nitrogens with zero attached hydrogens (tertiary/aromatic N) is 2. The van der Waals surface area contributed by atoms with Crippen LogP contribution in [-0.4, -0.2) is 40.8 Å². The fraction of sp³-hybridized carbons (Fsp3) is 0.607. The molecule has 2 heterocycles. The number of rotatable bonds is 6. The Morgan fingerprint density at radius 3 is 2.31 bits per heavy atom. The maximum absolute atomic E-state index is 12.3. The van der Waals surface area contributed by atoms with Gasteiger partial charge >= 0.3 is 0 Å². The first-order valence-electron chi connectivity index (χ1n) is 13.2. The molecule has 0 spiro atoms. The van der Waals surface area contributed by atoms with Crippen LogP contribution in [0.5, 0.6) is 0 Å². The van der Waals surface area contributed by atoms with E-state index in [1.165, 1.54) is 29.7 Å². The zero-order chi connectivity index (χ0) is 25.8. The van der Waals surface area contributed by atoms with Crippen LogP contribution in [0.4, 0.5) is 0 Å². The van der Waals surface area contributed by atoms with Crippen molar-refractivity contribution >= 4 is 23.7 Å². The quantitative estimate of drug-likeness (QED) is 0.487. The van der Waals surface area contributed by atoms with Crippen LogP contribution in [-0.2, 0) is 9.59 Å². The van der Waals surface area contributed by atoms with Gasteiger partial charge in [0.1, 0.15) is 0 Å². The van der Waals surface area contributed by atoms with Crippen LogP contribution in [0.25, 0.3) is 10.4 Å². The molecule has 6 nitrogen and oxygen atoms in total. The topological polar surface area (TPSA) is 88.3 Å². The van der Waals surface area contributed by atoms with Gasteiger partial charge in [-0.2, -0.15) is 0 Å². The van der Waals surface area contributed by atoms with Gasteiger partial charge in [-0.3, -0.25) is 9.59 Å². The summed E-state index contributed by atoms with van der Waals surface area (Å²) in [6.45, 7) is 11.0. The second-order valence-electron chi connectivity index (χ2n) is 9.34. The van der Waals surface area contributed by atoms with Crippen LogP contribution in [0.1, 0.15) is 89.9 Å². The van der Waals surface area contributed by atoms with Gasteiger partial charge in [-0.15, -0.1) is 11.3 Å². The number of hydrogen-bond donors (Lipinski definition) is 2. The lowest BCUT2D eigenvalue weighted by atomic mass is 9.83. The third kappa shape index (κ3) is 8.14. The molecule has 2 fully saturated rings. The van der Waals surface area contributed by atoms with Crippen molar-refractivity contribution in [3.8, 4) is 10.4 Å². The van der Waals surface area contributed by atoms with Crippen LogP contribution < -0.4 is 11.1 Å². The van der Waals surface area contributed by atoms with E-state index < -0.39 is 0 Å². The Morgan fingerprint density at radius 1 is 1.14 bits per heavy atom. The molecule has 1 aliphatic carbocycles. The summed E-state index contributed by atoms with van der Waals surface area (Å²) in [6, 6.07) is 8.43. The van der Waals surface area contributed by atoms with Crippen LogP contribution >= 0.6 is 11.3 Å². The highest BCUT2D eigenvalue weighted by atomic mass is 32.1. The summed E-state index contributed by atoms with van der Waals surface area (Å²) in [6.07, 6.45) is 9.13. The van der Waals surface area contributed by atoms with Gasteiger partial charge in [0.05, 0.1) is 28.2 Å². The summed E-state index contributed by atoms with van der Waals surface area (Å²) >= 11 is 1.64. The fourth-order valence-electron chi connectivity index (χ4n) is 4.85. The van der Waals surface area contributed by atoms with Crippen molar-refractivity contribution in [3.63, 3.8) is 0 Å². The smallest absolute Gasteiger partial charge is 0.240 e. The number of aromatic nitrogens is 1. The molecule has 2 aliphatic rings. The van der Waals surface area contributed by atoms with Crippen molar-refractivity contribution in [3.05, 3.63) is 41.0 Å². The van der Waals surface area contributed by atoms with E-state index in [2.05, 4.69) is 29.4 Å². The van der Waals surface area contributed by atoms with Crippen LogP contribution in [0.2, 0.25) is 0 Å². The Labute approximate surface area is 215 Å². The number of benzene rings is 1. The van der Waals surface area contributed by atoms with E-state index in [4.69, 9.17) is 5.73 Å². The number of nitrogens with one attached hydrogen (secondary N) is 1. The van der Waals surface area contributed by atoms with Crippen molar-refractivity contribution in [1.29, 1.82) is 0 Å². The van der Waals surface area contributed by atoms with Gasteiger partial charge in [0.2, 0.25) is 12.3 Å². The van der Waals surface area contributed by atoms with Gasteiger partial charge in [0.15, 0.2) is 0 Å². The molecule has 3 N–H and O–H groups in total. The first-order chi connectivity index (χ1) is 16.9. The zero-order valence-electron chi connectivity index (χ0n) is 22.1. The monoisotopic (exact) mass is 500 g/mol. The minimum absolute atomic E-state index is 0.0455. The largest absolute Gasteiger partial charge is 0.352 e. The molecule has 2 aromatic rings. The fourth-order valence-corrected chi connectivity index (χ4v) is 5.66. The van der Waals surface area contributed by atoms with Crippen molar-refractivity contribution < 1.29 is 9.59 Å². The van der Waals surface area contributed by atoms with Gasteiger partial charge in [-0.1, -0.05) is 57.4 Å². The average molecular weight is 501 g/mol. The van der Waals surface area contributed by atoms with E-state index in [0.29, 0.717) is 12.0 Å². The normalized spacial score (nSPS) is 19.5. The minimum Gasteiger partial charge on any atom is -0.352 e. The van der Waals surface area contributed by atoms with Gasteiger partial charge in [0, 0.05) is 12.6 Å². The average Bonchev–Trinajstić information content (AvgIpc) is 3.53. The summed E-state index contributed by atoms with van der Waals surface area (Å²) in [5.74, 6) is 0.644. The Morgan fingerprint density at radius 2 is 1.80 bits per heavy atom. The molecule has 1 aromatic heterocycles. The second-order valence-corrected chi connectivity index (χ2v) is 10.2. The van der Waals surface area contributed by atoms with Gasteiger partial charge < -0.3 is 16.0 Å². The molecule has 0 radical (unpaired) electrons. The third-order valence-corrected chi connectivity index (χ3v) is 7.99. The number of carbonyl (C=O) groups is 2. The molecule has 7 heteroatoms. The van der Waals surface area contributed by atoms with Crippen molar-refractivity contribution in [2.45, 2.75) is 97.7 Å². The number of nitrogens with two attached hydrogens (primary N) is 1. The number of thiazole rings is 1. The SMILES string of the molecule is CC.CC1CCCN1C(=O)C(N)C1CCCCC1.Cc1ncsc1-c1ccc(C(C)NC=O)cc1. The van der Waals surface area contributed by atoms with Crippen LogP contribution in [0, 0.1) is 12.8 Å². The Balaban J connectivity index is 0.000000231. The minimum atomic E-state index is -0.235. The predicted molar refractivity (Wildman–Crippen MR) is 146 cm³/mol. The first kappa shape index (κ1) is 29.0. The van der Waals surface area contributed by atoms with E-state index in [-0.39, 0.29) is 18.0 Å². The number of amides is 2. The van der Waals surface area contributed by atoms with E-state index in [1.807, 2.05) is 50.2 Å². The van der Waals surface area contributed by atoms with Gasteiger partial charge in [-0.25, -0.2) is 4.98 Å². The lowest BCUT2D eigenvalue weighted by molar-refractivity contribution is -0.134. The number of aryl methyl sites for hydroxylation is 1. The molecule has 194 valence electrons.